The summed E-state index contributed by atoms with van der Waals surface area (Å²) in [5.41, 5.74) is -0.120. The summed E-state index contributed by atoms with van der Waals surface area (Å²) in [6, 6.07) is 2.33. The molecule has 0 unspecified atom stereocenters. The third kappa shape index (κ3) is 5.26. The molecule has 0 bridgehead atoms. The van der Waals surface area contributed by atoms with Crippen LogP contribution in [0.1, 0.15) is 12.1 Å². The van der Waals surface area contributed by atoms with E-state index >= 15 is 0 Å². The second-order valence-corrected chi connectivity index (χ2v) is 11.5. The molecule has 0 N–H and O–H groups in total. The van der Waals surface area contributed by atoms with E-state index in [1.807, 2.05) is 0 Å². The molecule has 0 saturated carbocycles. The fourth-order valence-electron chi connectivity index (χ4n) is 1.21. The van der Waals surface area contributed by atoms with Gasteiger partial charge in [0.2, 0.25) is 0 Å². The molecule has 7 heteroatoms. The van der Waals surface area contributed by atoms with Crippen molar-refractivity contribution in [3.63, 3.8) is 0 Å². The van der Waals surface area contributed by atoms with E-state index in [1.165, 1.54) is 10.7 Å². The highest BCUT2D eigenvalue weighted by molar-refractivity contribution is 9.10. The fourth-order valence-corrected chi connectivity index (χ4v) is 2.39. The maximum atomic E-state index is 12.6. The van der Waals surface area contributed by atoms with E-state index in [0.29, 0.717) is 11.2 Å². The highest BCUT2D eigenvalue weighted by Crippen LogP contribution is 2.22. The molecule has 0 atom stereocenters. The Bertz CT molecular complexity index is 366. The maximum absolute atomic E-state index is 12.6. The van der Waals surface area contributed by atoms with Crippen molar-refractivity contribution in [2.75, 3.05) is 6.61 Å². The van der Waals surface area contributed by atoms with Gasteiger partial charge in [-0.2, -0.15) is 5.10 Å². The summed E-state index contributed by atoms with van der Waals surface area (Å²) in [4.78, 5) is 0. The Labute approximate surface area is 109 Å². The molecule has 3 nitrogen and oxygen atoms in total. The van der Waals surface area contributed by atoms with E-state index < -0.39 is 14.5 Å². The van der Waals surface area contributed by atoms with Crippen molar-refractivity contribution in [3.8, 4) is 0 Å². The van der Waals surface area contributed by atoms with Crippen LogP contribution in [0, 0.1) is 0 Å². The van der Waals surface area contributed by atoms with Gasteiger partial charge in [0.25, 0.3) is 6.43 Å². The first-order valence-corrected chi connectivity index (χ1v) is 9.89. The highest BCUT2D eigenvalue weighted by atomic mass is 79.9. The van der Waals surface area contributed by atoms with Crippen LogP contribution in [0.5, 0.6) is 0 Å². The van der Waals surface area contributed by atoms with Crippen LogP contribution in [-0.2, 0) is 11.5 Å². The van der Waals surface area contributed by atoms with E-state index in [0.717, 1.165) is 6.04 Å². The molecule has 0 radical (unpaired) electrons. The first kappa shape index (κ1) is 14.8. The molecule has 17 heavy (non-hydrogen) atoms. The molecule has 1 heterocycles. The zero-order valence-electron chi connectivity index (χ0n) is 10.2. The average Bonchev–Trinajstić information content (AvgIpc) is 2.53. The Kier molecular flexibility index (Phi) is 5.27. The summed E-state index contributed by atoms with van der Waals surface area (Å²) in [6.07, 6.45) is -2.53. The standard InChI is InChI=1S/C10H17BrF2N2OSi/c1-17(2,3)5-4-16-7-15-8(10(12)13)6-9(11)14-15/h6,10H,4-5,7H2,1-3H3. The average molecular weight is 327 g/mol. The lowest BCUT2D eigenvalue weighted by atomic mass is 10.4. The van der Waals surface area contributed by atoms with Gasteiger partial charge >= 0.3 is 0 Å². The Hall–Kier alpha value is -0.273. The molecule has 0 aliphatic heterocycles. The Morgan fingerprint density at radius 3 is 2.65 bits per heavy atom. The third-order valence-corrected chi connectivity index (χ3v) is 4.31. The molecule has 0 aromatic carbocycles. The van der Waals surface area contributed by atoms with Crippen molar-refractivity contribution in [2.24, 2.45) is 0 Å². The van der Waals surface area contributed by atoms with Gasteiger partial charge in [-0.25, -0.2) is 13.5 Å². The highest BCUT2D eigenvalue weighted by Gasteiger charge is 2.16. The number of nitrogens with zero attached hydrogens (tertiary/aromatic N) is 2. The third-order valence-electron chi connectivity index (χ3n) is 2.21. The van der Waals surface area contributed by atoms with Crippen LogP contribution >= 0.6 is 15.9 Å². The Balaban J connectivity index is 2.46. The van der Waals surface area contributed by atoms with E-state index in [4.69, 9.17) is 4.74 Å². The molecular weight excluding hydrogens is 310 g/mol. The summed E-state index contributed by atoms with van der Waals surface area (Å²) in [6.45, 7) is 7.40. The summed E-state index contributed by atoms with van der Waals surface area (Å²) in [5.74, 6) is 0. The van der Waals surface area contributed by atoms with Crippen LogP contribution in [0.4, 0.5) is 8.78 Å². The molecule has 0 fully saturated rings. The van der Waals surface area contributed by atoms with Crippen molar-refractivity contribution in [2.45, 2.75) is 38.8 Å². The lowest BCUT2D eigenvalue weighted by Crippen LogP contribution is -2.22. The van der Waals surface area contributed by atoms with Gasteiger partial charge in [0, 0.05) is 14.7 Å². The molecular formula is C10H17BrF2N2OSi. The van der Waals surface area contributed by atoms with Crippen molar-refractivity contribution >= 4 is 24.0 Å². The minimum Gasteiger partial charge on any atom is -0.360 e. The molecule has 1 aromatic rings. The van der Waals surface area contributed by atoms with Gasteiger partial charge in [-0.3, -0.25) is 0 Å². The van der Waals surface area contributed by atoms with Gasteiger partial charge < -0.3 is 4.74 Å². The molecule has 0 aliphatic carbocycles. The molecule has 98 valence electrons. The van der Waals surface area contributed by atoms with Crippen LogP contribution in [0.2, 0.25) is 25.7 Å². The van der Waals surface area contributed by atoms with Crippen molar-refractivity contribution < 1.29 is 13.5 Å². The van der Waals surface area contributed by atoms with Gasteiger partial charge in [-0.15, -0.1) is 0 Å². The molecule has 1 rings (SSSR count). The van der Waals surface area contributed by atoms with E-state index in [2.05, 4.69) is 40.7 Å². The quantitative estimate of drug-likeness (QED) is 0.585. The van der Waals surface area contributed by atoms with Crippen LogP contribution in [0.25, 0.3) is 0 Å². The van der Waals surface area contributed by atoms with Crippen LogP contribution in [0.15, 0.2) is 10.7 Å². The molecule has 0 spiro atoms. The number of ether oxygens (including phenoxy) is 1. The number of rotatable bonds is 6. The van der Waals surface area contributed by atoms with Crippen LogP contribution < -0.4 is 0 Å². The first-order valence-electron chi connectivity index (χ1n) is 5.39. The maximum Gasteiger partial charge on any atom is 0.280 e. The zero-order valence-corrected chi connectivity index (χ0v) is 12.8. The van der Waals surface area contributed by atoms with Gasteiger partial charge in [0.1, 0.15) is 17.0 Å². The molecule has 0 saturated heterocycles. The number of hydrogen-bond acceptors (Lipinski definition) is 2. The summed E-state index contributed by atoms with van der Waals surface area (Å²) < 4.78 is 32.2. The SMILES string of the molecule is C[Si](C)(C)CCOCn1nc(Br)cc1C(F)F. The normalized spacial score (nSPS) is 12.4. The predicted molar refractivity (Wildman–Crippen MR) is 69.0 cm³/mol. The van der Waals surface area contributed by atoms with E-state index in [9.17, 15) is 8.78 Å². The number of hydrogen-bond donors (Lipinski definition) is 0. The number of halogens is 3. The van der Waals surface area contributed by atoms with Gasteiger partial charge in [0.15, 0.2) is 0 Å². The summed E-state index contributed by atoms with van der Waals surface area (Å²) in [5, 5.41) is 3.91. The number of alkyl halides is 2. The monoisotopic (exact) mass is 326 g/mol. The van der Waals surface area contributed by atoms with Gasteiger partial charge in [-0.05, 0) is 28.0 Å². The molecule has 0 aliphatic rings. The summed E-state index contributed by atoms with van der Waals surface area (Å²) in [7, 11) is -1.14. The van der Waals surface area contributed by atoms with Crippen molar-refractivity contribution in [3.05, 3.63) is 16.4 Å². The smallest absolute Gasteiger partial charge is 0.280 e. The van der Waals surface area contributed by atoms with Crippen molar-refractivity contribution in [1.82, 2.24) is 9.78 Å². The molecule has 1 aromatic heterocycles. The van der Waals surface area contributed by atoms with Gasteiger partial charge in [-0.1, -0.05) is 19.6 Å². The lowest BCUT2D eigenvalue weighted by Gasteiger charge is -2.15. The topological polar surface area (TPSA) is 27.1 Å². The Morgan fingerprint density at radius 1 is 1.47 bits per heavy atom. The van der Waals surface area contributed by atoms with Crippen molar-refractivity contribution in [1.29, 1.82) is 0 Å². The number of aromatic nitrogens is 2. The minimum absolute atomic E-state index is 0.0791. The lowest BCUT2D eigenvalue weighted by molar-refractivity contribution is 0.0620. The van der Waals surface area contributed by atoms with E-state index in [-0.39, 0.29) is 12.4 Å². The second-order valence-electron chi connectivity index (χ2n) is 5.04. The minimum atomic E-state index is -2.53. The van der Waals surface area contributed by atoms with Gasteiger partial charge in [0.05, 0.1) is 0 Å². The summed E-state index contributed by atoms with van der Waals surface area (Å²) >= 11 is 3.08. The molecule has 0 amide bonds. The first-order chi connectivity index (χ1) is 7.79. The second kappa shape index (κ2) is 6.06. The Morgan fingerprint density at radius 2 is 2.12 bits per heavy atom. The largest absolute Gasteiger partial charge is 0.360 e. The van der Waals surface area contributed by atoms with Crippen LogP contribution in [0.3, 0.4) is 0 Å². The fraction of sp³-hybridized carbons (Fsp3) is 0.700. The van der Waals surface area contributed by atoms with E-state index in [1.54, 1.807) is 0 Å². The predicted octanol–water partition coefficient (Wildman–Crippen LogP) is 3.90. The zero-order chi connectivity index (χ0) is 13.1. The van der Waals surface area contributed by atoms with Crippen LogP contribution in [-0.4, -0.2) is 24.5 Å².